The zero-order valence-electron chi connectivity index (χ0n) is 13.8. The van der Waals surface area contributed by atoms with Gasteiger partial charge in [0, 0.05) is 18.8 Å². The minimum atomic E-state index is -0.578. The van der Waals surface area contributed by atoms with Gasteiger partial charge in [0.05, 0.1) is 11.7 Å². The Morgan fingerprint density at radius 3 is 2.74 bits per heavy atom. The number of aldehydes is 1. The number of carbonyl (C=O) groups is 1. The van der Waals surface area contributed by atoms with Crippen molar-refractivity contribution < 1.29 is 15.0 Å². The van der Waals surface area contributed by atoms with Crippen LogP contribution in [-0.4, -0.2) is 28.2 Å². The van der Waals surface area contributed by atoms with Crippen LogP contribution in [-0.2, 0) is 4.79 Å². The predicted octanol–water partition coefficient (Wildman–Crippen LogP) is 3.00. The minimum absolute atomic E-state index is 0.0574. The molecule has 0 aromatic heterocycles. The molecule has 3 rings (SSSR count). The van der Waals surface area contributed by atoms with Gasteiger partial charge in [0.15, 0.2) is 0 Å². The van der Waals surface area contributed by atoms with Crippen LogP contribution in [0.1, 0.15) is 64.2 Å². The van der Waals surface area contributed by atoms with E-state index in [0.717, 1.165) is 57.7 Å². The molecule has 3 heteroatoms. The van der Waals surface area contributed by atoms with Gasteiger partial charge in [0.2, 0.25) is 0 Å². The number of hydrogen-bond acceptors (Lipinski definition) is 3. The van der Waals surface area contributed by atoms with E-state index in [9.17, 15) is 15.0 Å². The molecular formula is C20H28O3. The van der Waals surface area contributed by atoms with Crippen LogP contribution < -0.4 is 0 Å². The molecule has 23 heavy (non-hydrogen) atoms. The van der Waals surface area contributed by atoms with E-state index in [1.807, 2.05) is 0 Å². The van der Waals surface area contributed by atoms with Crippen molar-refractivity contribution in [1.82, 2.24) is 0 Å². The topological polar surface area (TPSA) is 57.5 Å². The summed E-state index contributed by atoms with van der Waals surface area (Å²) in [7, 11) is 0. The number of carbonyl (C=O) groups excluding carboxylic acids is 1. The Bertz CT molecular complexity index is 519. The molecule has 126 valence electrons. The van der Waals surface area contributed by atoms with Gasteiger partial charge >= 0.3 is 0 Å². The first kappa shape index (κ1) is 16.7. The lowest BCUT2D eigenvalue weighted by Crippen LogP contribution is -2.44. The van der Waals surface area contributed by atoms with Gasteiger partial charge in [-0.15, -0.1) is 0 Å². The Hall–Kier alpha value is -1.11. The van der Waals surface area contributed by atoms with E-state index in [1.165, 1.54) is 5.57 Å². The molecule has 3 saturated carbocycles. The molecule has 0 aromatic rings. The lowest BCUT2D eigenvalue weighted by atomic mass is 9.57. The lowest BCUT2D eigenvalue weighted by molar-refractivity contribution is -0.107. The number of aliphatic hydroxyl groups is 2. The zero-order valence-corrected chi connectivity index (χ0v) is 13.8. The average Bonchev–Trinajstić information content (AvgIpc) is 2.94. The molecule has 3 aliphatic rings. The van der Waals surface area contributed by atoms with Crippen LogP contribution in [0.5, 0.6) is 0 Å². The summed E-state index contributed by atoms with van der Waals surface area (Å²) >= 11 is 0. The lowest BCUT2D eigenvalue weighted by Gasteiger charge is -2.48. The first-order valence-electron chi connectivity index (χ1n) is 9.14. The van der Waals surface area contributed by atoms with Gasteiger partial charge in [-0.1, -0.05) is 36.3 Å². The number of unbranched alkanes of at least 4 members (excludes halogenated alkanes) is 1. The van der Waals surface area contributed by atoms with Gasteiger partial charge in [-0.2, -0.15) is 0 Å². The average molecular weight is 316 g/mol. The molecule has 0 heterocycles. The van der Waals surface area contributed by atoms with E-state index in [-0.39, 0.29) is 12.0 Å². The monoisotopic (exact) mass is 316 g/mol. The summed E-state index contributed by atoms with van der Waals surface area (Å²) in [5.41, 5.74) is 0.885. The second-order valence-corrected chi connectivity index (χ2v) is 7.60. The summed E-state index contributed by atoms with van der Waals surface area (Å²) in [5.74, 6) is 7.57. The maximum absolute atomic E-state index is 10.4. The maximum Gasteiger partial charge on any atom is 0.120 e. The molecule has 4 unspecified atom stereocenters. The summed E-state index contributed by atoms with van der Waals surface area (Å²) in [6, 6.07) is 0. The molecular weight excluding hydrogens is 288 g/mol. The number of aliphatic hydroxyl groups excluding tert-OH is 1. The van der Waals surface area contributed by atoms with Gasteiger partial charge in [-0.05, 0) is 50.4 Å². The molecule has 0 aliphatic heterocycles. The van der Waals surface area contributed by atoms with Gasteiger partial charge in [-0.3, -0.25) is 0 Å². The normalized spacial score (nSPS) is 36.7. The maximum atomic E-state index is 10.4. The van der Waals surface area contributed by atoms with E-state index in [0.29, 0.717) is 24.7 Å². The number of allylic oxidation sites excluding steroid dienone is 2. The highest BCUT2D eigenvalue weighted by molar-refractivity contribution is 5.49. The summed E-state index contributed by atoms with van der Waals surface area (Å²) < 4.78 is 0. The third-order valence-corrected chi connectivity index (χ3v) is 6.03. The van der Waals surface area contributed by atoms with E-state index >= 15 is 0 Å². The van der Waals surface area contributed by atoms with Crippen LogP contribution in [0.25, 0.3) is 0 Å². The van der Waals surface area contributed by atoms with Crippen molar-refractivity contribution in [2.45, 2.75) is 75.9 Å². The van der Waals surface area contributed by atoms with Crippen LogP contribution in [0.2, 0.25) is 0 Å². The van der Waals surface area contributed by atoms with E-state index < -0.39 is 5.60 Å². The number of rotatable bonds is 4. The molecule has 0 radical (unpaired) electrons. The first-order chi connectivity index (χ1) is 11.1. The van der Waals surface area contributed by atoms with Crippen LogP contribution in [0.3, 0.4) is 0 Å². The fourth-order valence-electron chi connectivity index (χ4n) is 4.59. The van der Waals surface area contributed by atoms with Crippen molar-refractivity contribution in [3.63, 3.8) is 0 Å². The Kier molecular flexibility index (Phi) is 5.24. The van der Waals surface area contributed by atoms with Crippen LogP contribution in [0.15, 0.2) is 11.6 Å². The molecule has 0 bridgehead atoms. The van der Waals surface area contributed by atoms with Gasteiger partial charge in [0.25, 0.3) is 0 Å². The summed E-state index contributed by atoms with van der Waals surface area (Å²) in [6.45, 7) is 0. The fourth-order valence-corrected chi connectivity index (χ4v) is 4.59. The SMILES string of the molecule is O=CCC/C=C1/CC2C1CCC(O)C2C#CCC1(O)CCCC1. The van der Waals surface area contributed by atoms with Gasteiger partial charge in [0.1, 0.15) is 6.29 Å². The van der Waals surface area contributed by atoms with Crippen molar-refractivity contribution >= 4 is 6.29 Å². The summed E-state index contributed by atoms with van der Waals surface area (Å²) in [5, 5.41) is 20.7. The number of fused-ring (bicyclic) bond motifs is 1. The highest BCUT2D eigenvalue weighted by Gasteiger charge is 2.46. The zero-order chi connectivity index (χ0) is 16.3. The molecule has 0 saturated heterocycles. The Morgan fingerprint density at radius 2 is 2.00 bits per heavy atom. The minimum Gasteiger partial charge on any atom is -0.392 e. The molecule has 0 amide bonds. The molecule has 3 nitrogen and oxygen atoms in total. The largest absolute Gasteiger partial charge is 0.392 e. The second kappa shape index (κ2) is 7.20. The Labute approximate surface area is 139 Å². The quantitative estimate of drug-likeness (QED) is 0.363. The summed E-state index contributed by atoms with van der Waals surface area (Å²) in [4.78, 5) is 10.4. The molecule has 3 fully saturated rings. The second-order valence-electron chi connectivity index (χ2n) is 7.60. The smallest absolute Gasteiger partial charge is 0.120 e. The van der Waals surface area contributed by atoms with Crippen LogP contribution >= 0.6 is 0 Å². The van der Waals surface area contributed by atoms with E-state index in [1.54, 1.807) is 0 Å². The van der Waals surface area contributed by atoms with Crippen molar-refractivity contribution in [1.29, 1.82) is 0 Å². The van der Waals surface area contributed by atoms with E-state index in [2.05, 4.69) is 17.9 Å². The van der Waals surface area contributed by atoms with Crippen LogP contribution in [0, 0.1) is 29.6 Å². The molecule has 4 atom stereocenters. The van der Waals surface area contributed by atoms with Crippen molar-refractivity contribution in [2.24, 2.45) is 17.8 Å². The third kappa shape index (κ3) is 3.70. The van der Waals surface area contributed by atoms with Crippen molar-refractivity contribution in [2.75, 3.05) is 0 Å². The highest BCUT2D eigenvalue weighted by Crippen LogP contribution is 2.51. The fraction of sp³-hybridized carbons (Fsp3) is 0.750. The van der Waals surface area contributed by atoms with Crippen LogP contribution in [0.4, 0.5) is 0 Å². The Morgan fingerprint density at radius 1 is 1.22 bits per heavy atom. The Balaban J connectivity index is 1.59. The standard InChI is InChI=1S/C20H28O3/c21-13-4-1-6-15-14-18-16(15)8-9-19(22)17(18)7-5-12-20(23)10-2-3-11-20/h6,13,16-19,22-23H,1-4,8-12,14H2/b15-6-. The first-order valence-corrected chi connectivity index (χ1v) is 9.14. The summed E-state index contributed by atoms with van der Waals surface area (Å²) in [6.07, 6.45) is 11.7. The predicted molar refractivity (Wildman–Crippen MR) is 89.5 cm³/mol. The van der Waals surface area contributed by atoms with Gasteiger partial charge in [-0.25, -0.2) is 0 Å². The van der Waals surface area contributed by atoms with Crippen molar-refractivity contribution in [3.05, 3.63) is 11.6 Å². The number of hydrogen-bond donors (Lipinski definition) is 2. The van der Waals surface area contributed by atoms with E-state index in [4.69, 9.17) is 0 Å². The molecule has 2 N–H and O–H groups in total. The van der Waals surface area contributed by atoms with Crippen molar-refractivity contribution in [3.8, 4) is 11.8 Å². The molecule has 0 spiro atoms. The molecule has 0 aromatic carbocycles. The molecule has 3 aliphatic carbocycles. The highest BCUT2D eigenvalue weighted by atomic mass is 16.3. The van der Waals surface area contributed by atoms with Gasteiger partial charge < -0.3 is 15.0 Å². The third-order valence-electron chi connectivity index (χ3n) is 6.03.